The normalized spacial score (nSPS) is 20.9. The monoisotopic (exact) mass is 413 g/mol. The van der Waals surface area contributed by atoms with E-state index in [1.54, 1.807) is 31.4 Å². The minimum absolute atomic E-state index is 0.140. The highest BCUT2D eigenvalue weighted by Crippen LogP contribution is 2.29. The predicted octanol–water partition coefficient (Wildman–Crippen LogP) is 3.56. The highest BCUT2D eigenvalue weighted by molar-refractivity contribution is 6.30. The van der Waals surface area contributed by atoms with E-state index in [0.717, 1.165) is 37.4 Å². The fourth-order valence-corrected chi connectivity index (χ4v) is 4.17. The summed E-state index contributed by atoms with van der Waals surface area (Å²) in [7, 11) is 1.65. The van der Waals surface area contributed by atoms with Gasteiger partial charge in [0.25, 0.3) is 5.91 Å². The third-order valence-electron chi connectivity index (χ3n) is 5.64. The molecule has 2 aliphatic heterocycles. The number of likely N-dealkylation sites (tertiary alicyclic amines) is 1. The Labute approximate surface area is 175 Å². The molecule has 0 saturated carbocycles. The predicted molar refractivity (Wildman–Crippen MR) is 114 cm³/mol. The molecule has 2 saturated heterocycles. The molecule has 1 N–H and O–H groups in total. The number of hydrogen-bond acceptors (Lipinski definition) is 5. The van der Waals surface area contributed by atoms with Crippen molar-refractivity contribution >= 4 is 34.8 Å². The standard InChI is InChI=1S/C22H24ClN3O3/c1-29-19-8-4-16(5-9-19)24-17-10-12-25(13-11-17)20-14-21(27)26(22(20)28)18-6-2-15(23)3-7-18/h2-9,17,20,24H,10-14H2,1H3/t20-/m0/s1. The molecule has 0 radical (unpaired) electrons. The SMILES string of the molecule is COc1ccc(NC2CCN([C@H]3CC(=O)N(c4ccc(Cl)cc4)C3=O)CC2)cc1. The summed E-state index contributed by atoms with van der Waals surface area (Å²) in [5.74, 6) is 0.541. The molecule has 2 aromatic carbocycles. The van der Waals surface area contributed by atoms with Gasteiger partial charge in [-0.2, -0.15) is 0 Å². The van der Waals surface area contributed by atoms with Crippen molar-refractivity contribution in [3.05, 3.63) is 53.6 Å². The maximum atomic E-state index is 12.9. The second-order valence-electron chi connectivity index (χ2n) is 7.45. The topological polar surface area (TPSA) is 61.9 Å². The first kappa shape index (κ1) is 19.7. The number of amides is 2. The molecule has 2 fully saturated rings. The summed E-state index contributed by atoms with van der Waals surface area (Å²) in [5, 5.41) is 4.13. The van der Waals surface area contributed by atoms with Crippen molar-refractivity contribution in [3.8, 4) is 5.75 Å². The van der Waals surface area contributed by atoms with Crippen molar-refractivity contribution in [2.45, 2.75) is 31.3 Å². The van der Waals surface area contributed by atoms with Crippen LogP contribution in [0.2, 0.25) is 5.02 Å². The fourth-order valence-electron chi connectivity index (χ4n) is 4.04. The van der Waals surface area contributed by atoms with Crippen LogP contribution >= 0.6 is 11.6 Å². The molecule has 0 spiro atoms. The smallest absolute Gasteiger partial charge is 0.251 e. The zero-order valence-corrected chi connectivity index (χ0v) is 17.1. The summed E-state index contributed by atoms with van der Waals surface area (Å²) in [6.07, 6.45) is 2.08. The summed E-state index contributed by atoms with van der Waals surface area (Å²) in [5.41, 5.74) is 1.65. The number of rotatable bonds is 5. The van der Waals surface area contributed by atoms with Crippen LogP contribution in [0.25, 0.3) is 0 Å². The molecule has 2 aliphatic rings. The Morgan fingerprint density at radius 1 is 1.00 bits per heavy atom. The summed E-state index contributed by atoms with van der Waals surface area (Å²) in [4.78, 5) is 28.9. The van der Waals surface area contributed by atoms with Gasteiger partial charge in [0.2, 0.25) is 5.91 Å². The van der Waals surface area contributed by atoms with Crippen molar-refractivity contribution in [3.63, 3.8) is 0 Å². The summed E-state index contributed by atoms with van der Waals surface area (Å²) in [6.45, 7) is 1.57. The molecule has 0 aliphatic carbocycles. The molecule has 7 heteroatoms. The molecule has 4 rings (SSSR count). The number of carbonyl (C=O) groups excluding carboxylic acids is 2. The zero-order chi connectivity index (χ0) is 20.4. The van der Waals surface area contributed by atoms with Gasteiger partial charge >= 0.3 is 0 Å². The van der Waals surface area contributed by atoms with Crippen molar-refractivity contribution < 1.29 is 14.3 Å². The van der Waals surface area contributed by atoms with Crippen molar-refractivity contribution in [1.82, 2.24) is 4.90 Å². The number of imide groups is 1. The van der Waals surface area contributed by atoms with Gasteiger partial charge in [-0.1, -0.05) is 11.6 Å². The molecule has 2 amide bonds. The van der Waals surface area contributed by atoms with Crippen LogP contribution in [-0.4, -0.2) is 49.0 Å². The number of anilines is 2. The molecule has 0 unspecified atom stereocenters. The molecule has 2 heterocycles. The maximum absolute atomic E-state index is 12.9. The van der Waals surface area contributed by atoms with Gasteiger partial charge in [0.05, 0.1) is 25.3 Å². The number of nitrogens with zero attached hydrogens (tertiary/aromatic N) is 2. The van der Waals surface area contributed by atoms with Crippen LogP contribution in [0, 0.1) is 0 Å². The lowest BCUT2D eigenvalue weighted by Crippen LogP contribution is -2.48. The van der Waals surface area contributed by atoms with E-state index in [1.807, 2.05) is 24.3 Å². The minimum Gasteiger partial charge on any atom is -0.497 e. The molecule has 152 valence electrons. The maximum Gasteiger partial charge on any atom is 0.251 e. The third kappa shape index (κ3) is 4.23. The average Bonchev–Trinajstić information content (AvgIpc) is 3.04. The van der Waals surface area contributed by atoms with Crippen LogP contribution < -0.4 is 15.0 Å². The van der Waals surface area contributed by atoms with Gasteiger partial charge in [-0.3, -0.25) is 14.5 Å². The van der Waals surface area contributed by atoms with E-state index in [1.165, 1.54) is 4.90 Å². The largest absolute Gasteiger partial charge is 0.497 e. The quantitative estimate of drug-likeness (QED) is 0.759. The van der Waals surface area contributed by atoms with Gasteiger partial charge in [0.1, 0.15) is 5.75 Å². The van der Waals surface area contributed by atoms with E-state index in [9.17, 15) is 9.59 Å². The lowest BCUT2D eigenvalue weighted by Gasteiger charge is -2.35. The Morgan fingerprint density at radius 3 is 2.28 bits per heavy atom. The second-order valence-corrected chi connectivity index (χ2v) is 7.88. The van der Waals surface area contributed by atoms with Crippen LogP contribution in [-0.2, 0) is 9.59 Å². The number of nitrogens with one attached hydrogen (secondary N) is 1. The number of halogens is 1. The van der Waals surface area contributed by atoms with Crippen LogP contribution in [0.1, 0.15) is 19.3 Å². The lowest BCUT2D eigenvalue weighted by molar-refractivity contribution is -0.123. The highest BCUT2D eigenvalue weighted by atomic mass is 35.5. The van der Waals surface area contributed by atoms with E-state index in [4.69, 9.17) is 16.3 Å². The first-order valence-electron chi connectivity index (χ1n) is 9.82. The molecule has 0 bridgehead atoms. The fraction of sp³-hybridized carbons (Fsp3) is 0.364. The van der Waals surface area contributed by atoms with Crippen LogP contribution in [0.3, 0.4) is 0 Å². The molecular weight excluding hydrogens is 390 g/mol. The van der Waals surface area contributed by atoms with Gasteiger partial charge in [0, 0.05) is 29.8 Å². The molecule has 1 atom stereocenters. The van der Waals surface area contributed by atoms with E-state index in [0.29, 0.717) is 16.8 Å². The van der Waals surface area contributed by atoms with Crippen molar-refractivity contribution in [2.75, 3.05) is 30.4 Å². The molecule has 0 aromatic heterocycles. The van der Waals surface area contributed by atoms with Crippen LogP contribution in [0.15, 0.2) is 48.5 Å². The summed E-state index contributed by atoms with van der Waals surface area (Å²) in [6, 6.07) is 14.7. The van der Waals surface area contributed by atoms with Gasteiger partial charge in [-0.05, 0) is 61.4 Å². The second kappa shape index (κ2) is 8.43. The highest BCUT2D eigenvalue weighted by Gasteiger charge is 2.43. The van der Waals surface area contributed by atoms with Gasteiger partial charge < -0.3 is 10.1 Å². The minimum atomic E-state index is -0.375. The number of piperidine rings is 1. The van der Waals surface area contributed by atoms with Gasteiger partial charge in [-0.15, -0.1) is 0 Å². The third-order valence-corrected chi connectivity index (χ3v) is 5.89. The first-order chi connectivity index (χ1) is 14.0. The van der Waals surface area contributed by atoms with Crippen LogP contribution in [0.4, 0.5) is 11.4 Å². The van der Waals surface area contributed by atoms with Crippen molar-refractivity contribution in [2.24, 2.45) is 0 Å². The first-order valence-corrected chi connectivity index (χ1v) is 10.2. The summed E-state index contributed by atoms with van der Waals surface area (Å²) >= 11 is 5.92. The Kier molecular flexibility index (Phi) is 5.74. The Balaban J connectivity index is 1.35. The Bertz CT molecular complexity index is 877. The van der Waals surface area contributed by atoms with E-state index >= 15 is 0 Å². The van der Waals surface area contributed by atoms with E-state index in [2.05, 4.69) is 10.2 Å². The Morgan fingerprint density at radius 2 is 1.66 bits per heavy atom. The van der Waals surface area contributed by atoms with Gasteiger partial charge in [0.15, 0.2) is 0 Å². The molecule has 29 heavy (non-hydrogen) atoms. The van der Waals surface area contributed by atoms with E-state index in [-0.39, 0.29) is 24.3 Å². The average molecular weight is 414 g/mol. The summed E-state index contributed by atoms with van der Waals surface area (Å²) < 4.78 is 5.19. The van der Waals surface area contributed by atoms with Crippen molar-refractivity contribution in [1.29, 1.82) is 0 Å². The molecule has 2 aromatic rings. The molecular formula is C22H24ClN3O3. The molecule has 6 nitrogen and oxygen atoms in total. The Hall–Kier alpha value is -2.57. The zero-order valence-electron chi connectivity index (χ0n) is 16.3. The number of carbonyl (C=O) groups is 2. The van der Waals surface area contributed by atoms with Gasteiger partial charge in [-0.25, -0.2) is 4.90 Å². The number of ether oxygens (including phenoxy) is 1. The lowest BCUT2D eigenvalue weighted by atomic mass is 10.0. The van der Waals surface area contributed by atoms with Crippen LogP contribution in [0.5, 0.6) is 5.75 Å². The van der Waals surface area contributed by atoms with E-state index < -0.39 is 0 Å². The number of methoxy groups -OCH3 is 1. The number of benzene rings is 2. The number of hydrogen-bond donors (Lipinski definition) is 1.